The molecule has 3 rings (SSSR count). The van der Waals surface area contributed by atoms with Crippen LogP contribution in [0.25, 0.3) is 16.6 Å². The summed E-state index contributed by atoms with van der Waals surface area (Å²) in [5.74, 6) is 0.834. The molecule has 2 heterocycles. The molecule has 2 aromatic heterocycles. The molecule has 0 aliphatic heterocycles. The van der Waals surface area contributed by atoms with Gasteiger partial charge in [0, 0.05) is 44.0 Å². The van der Waals surface area contributed by atoms with E-state index in [1.165, 1.54) is 0 Å². The summed E-state index contributed by atoms with van der Waals surface area (Å²) in [5, 5.41) is 5.04. The number of likely N-dealkylation sites (N-methyl/N-ethyl adjacent to an activating group) is 2. The predicted molar refractivity (Wildman–Crippen MR) is 96.1 cm³/mol. The van der Waals surface area contributed by atoms with Crippen molar-refractivity contribution in [3.8, 4) is 5.69 Å². The number of pyridine rings is 1. The quantitative estimate of drug-likeness (QED) is 0.766. The summed E-state index contributed by atoms with van der Waals surface area (Å²) in [6, 6.07) is 5.76. The van der Waals surface area contributed by atoms with Gasteiger partial charge in [0.05, 0.1) is 27.6 Å². The average molecular weight is 350 g/mol. The Balaban J connectivity index is 2.21. The number of rotatable bonds is 5. The molecular formula is C16H17Cl2N5. The number of benzene rings is 1. The lowest BCUT2D eigenvalue weighted by atomic mass is 10.1. The zero-order chi connectivity index (χ0) is 16.4. The number of imidazole rings is 1. The maximum absolute atomic E-state index is 6.39. The van der Waals surface area contributed by atoms with Crippen molar-refractivity contribution in [1.29, 1.82) is 0 Å². The van der Waals surface area contributed by atoms with Crippen molar-refractivity contribution in [2.45, 2.75) is 0 Å². The minimum Gasteiger partial charge on any atom is -0.358 e. The van der Waals surface area contributed by atoms with Gasteiger partial charge in [0.1, 0.15) is 5.82 Å². The first-order valence-electron chi connectivity index (χ1n) is 7.24. The minimum absolute atomic E-state index is 0.467. The van der Waals surface area contributed by atoms with Gasteiger partial charge < -0.3 is 14.8 Å². The SMILES string of the molecule is CNCCN(C)c1cc(-n2ccnc2)c2ccc(Cl)c(Cl)c2n1. The van der Waals surface area contributed by atoms with Crippen LogP contribution in [-0.4, -0.2) is 41.7 Å². The van der Waals surface area contributed by atoms with Crippen molar-refractivity contribution in [2.75, 3.05) is 32.1 Å². The van der Waals surface area contributed by atoms with Gasteiger partial charge in [0.15, 0.2) is 0 Å². The lowest BCUT2D eigenvalue weighted by Gasteiger charge is -2.20. The number of anilines is 1. The fourth-order valence-corrected chi connectivity index (χ4v) is 2.77. The summed E-state index contributed by atoms with van der Waals surface area (Å²) in [4.78, 5) is 10.9. The van der Waals surface area contributed by atoms with E-state index in [1.54, 1.807) is 18.6 Å². The fraction of sp³-hybridized carbons (Fsp3) is 0.250. The Hall–Kier alpha value is -1.82. The minimum atomic E-state index is 0.467. The molecule has 1 aromatic carbocycles. The first kappa shape index (κ1) is 16.1. The zero-order valence-corrected chi connectivity index (χ0v) is 14.4. The second-order valence-corrected chi connectivity index (χ2v) is 6.04. The number of hydrogen-bond donors (Lipinski definition) is 1. The van der Waals surface area contributed by atoms with Gasteiger partial charge in [-0.05, 0) is 19.2 Å². The van der Waals surface area contributed by atoms with E-state index >= 15 is 0 Å². The second-order valence-electron chi connectivity index (χ2n) is 5.25. The van der Waals surface area contributed by atoms with Crippen molar-refractivity contribution in [3.05, 3.63) is 47.0 Å². The standard InChI is InChI=1S/C16H17Cl2N5/c1-19-5-7-22(2)14-9-13(23-8-6-20-10-23)11-3-4-12(17)15(18)16(11)21-14/h3-4,6,8-10,19H,5,7H2,1-2H3. The highest BCUT2D eigenvalue weighted by molar-refractivity contribution is 6.45. The predicted octanol–water partition coefficient (Wildman–Crippen LogP) is 3.38. The molecule has 0 saturated heterocycles. The Bertz CT molecular complexity index is 817. The molecule has 0 aliphatic rings. The van der Waals surface area contributed by atoms with Gasteiger partial charge >= 0.3 is 0 Å². The van der Waals surface area contributed by atoms with Crippen LogP contribution in [-0.2, 0) is 0 Å². The molecule has 3 aromatic rings. The normalized spacial score (nSPS) is 11.1. The van der Waals surface area contributed by atoms with E-state index in [0.717, 1.165) is 30.0 Å². The highest BCUT2D eigenvalue weighted by Crippen LogP contribution is 2.34. The van der Waals surface area contributed by atoms with Crippen LogP contribution in [0.4, 0.5) is 5.82 Å². The zero-order valence-electron chi connectivity index (χ0n) is 12.9. The van der Waals surface area contributed by atoms with Crippen LogP contribution in [0.15, 0.2) is 36.9 Å². The maximum Gasteiger partial charge on any atom is 0.131 e. The number of fused-ring (bicyclic) bond motifs is 1. The molecule has 0 bridgehead atoms. The largest absolute Gasteiger partial charge is 0.358 e. The molecule has 7 heteroatoms. The first-order valence-corrected chi connectivity index (χ1v) is 8.00. The molecule has 0 radical (unpaired) electrons. The van der Waals surface area contributed by atoms with E-state index in [-0.39, 0.29) is 0 Å². The van der Waals surface area contributed by atoms with Crippen LogP contribution in [0.3, 0.4) is 0 Å². The molecule has 5 nitrogen and oxygen atoms in total. The summed E-state index contributed by atoms with van der Waals surface area (Å²) in [6.45, 7) is 1.69. The van der Waals surface area contributed by atoms with Crippen LogP contribution in [0, 0.1) is 0 Å². The Morgan fingerprint density at radius 3 is 2.83 bits per heavy atom. The third-order valence-electron chi connectivity index (χ3n) is 3.71. The highest BCUT2D eigenvalue weighted by Gasteiger charge is 2.14. The Labute approximate surface area is 144 Å². The molecule has 0 spiro atoms. The van der Waals surface area contributed by atoms with Gasteiger partial charge in [-0.1, -0.05) is 23.2 Å². The molecule has 120 valence electrons. The molecule has 0 amide bonds. The summed E-state index contributed by atoms with van der Waals surface area (Å²) < 4.78 is 1.95. The highest BCUT2D eigenvalue weighted by atomic mass is 35.5. The van der Waals surface area contributed by atoms with Crippen molar-refractivity contribution in [3.63, 3.8) is 0 Å². The van der Waals surface area contributed by atoms with Crippen LogP contribution in [0.5, 0.6) is 0 Å². The summed E-state index contributed by atoms with van der Waals surface area (Å²) >= 11 is 12.6. The van der Waals surface area contributed by atoms with E-state index in [0.29, 0.717) is 15.6 Å². The van der Waals surface area contributed by atoms with Crippen molar-refractivity contribution in [2.24, 2.45) is 0 Å². The molecule has 23 heavy (non-hydrogen) atoms. The number of nitrogens with one attached hydrogen (secondary N) is 1. The molecular weight excluding hydrogens is 333 g/mol. The summed E-state index contributed by atoms with van der Waals surface area (Å²) in [7, 11) is 3.93. The number of aromatic nitrogens is 3. The molecule has 0 atom stereocenters. The van der Waals surface area contributed by atoms with E-state index < -0.39 is 0 Å². The lowest BCUT2D eigenvalue weighted by Crippen LogP contribution is -2.27. The van der Waals surface area contributed by atoms with Gasteiger partial charge in [-0.15, -0.1) is 0 Å². The van der Waals surface area contributed by atoms with Crippen molar-refractivity contribution < 1.29 is 0 Å². The smallest absolute Gasteiger partial charge is 0.131 e. The van der Waals surface area contributed by atoms with Gasteiger partial charge in [-0.3, -0.25) is 0 Å². The third kappa shape index (κ3) is 3.13. The Morgan fingerprint density at radius 1 is 1.30 bits per heavy atom. The van der Waals surface area contributed by atoms with Gasteiger partial charge in [0.2, 0.25) is 0 Å². The third-order valence-corrected chi connectivity index (χ3v) is 4.50. The van der Waals surface area contributed by atoms with Gasteiger partial charge in [-0.25, -0.2) is 9.97 Å². The van der Waals surface area contributed by atoms with Crippen LogP contribution >= 0.6 is 23.2 Å². The van der Waals surface area contributed by atoms with Gasteiger partial charge in [-0.2, -0.15) is 0 Å². The van der Waals surface area contributed by atoms with Gasteiger partial charge in [0.25, 0.3) is 0 Å². The topological polar surface area (TPSA) is 46.0 Å². The Kier molecular flexibility index (Phi) is 4.71. The Morgan fingerprint density at radius 2 is 2.13 bits per heavy atom. The van der Waals surface area contributed by atoms with E-state index in [2.05, 4.69) is 15.2 Å². The van der Waals surface area contributed by atoms with Crippen LogP contribution in [0.2, 0.25) is 10.0 Å². The number of halogens is 2. The summed E-state index contributed by atoms with van der Waals surface area (Å²) in [6.07, 6.45) is 5.40. The summed E-state index contributed by atoms with van der Waals surface area (Å²) in [5.41, 5.74) is 1.66. The molecule has 0 aliphatic carbocycles. The monoisotopic (exact) mass is 349 g/mol. The molecule has 0 saturated carbocycles. The lowest BCUT2D eigenvalue weighted by molar-refractivity contribution is 0.762. The van der Waals surface area contributed by atoms with Crippen molar-refractivity contribution in [1.82, 2.24) is 19.9 Å². The van der Waals surface area contributed by atoms with Crippen LogP contribution in [0.1, 0.15) is 0 Å². The van der Waals surface area contributed by atoms with E-state index in [4.69, 9.17) is 28.2 Å². The fourth-order valence-electron chi connectivity index (χ4n) is 2.41. The average Bonchev–Trinajstić information content (AvgIpc) is 3.09. The second kappa shape index (κ2) is 6.74. The molecule has 0 unspecified atom stereocenters. The number of hydrogen-bond acceptors (Lipinski definition) is 4. The first-order chi connectivity index (χ1) is 11.1. The van der Waals surface area contributed by atoms with E-state index in [9.17, 15) is 0 Å². The number of nitrogens with zero attached hydrogens (tertiary/aromatic N) is 4. The maximum atomic E-state index is 6.39. The van der Waals surface area contributed by atoms with E-state index in [1.807, 2.05) is 37.0 Å². The van der Waals surface area contributed by atoms with Crippen LogP contribution < -0.4 is 10.2 Å². The van der Waals surface area contributed by atoms with Crippen molar-refractivity contribution >= 4 is 39.9 Å². The molecule has 1 N–H and O–H groups in total. The molecule has 0 fully saturated rings.